The fourth-order valence-corrected chi connectivity index (χ4v) is 1.75. The number of carbonyl (C=O) groups excluding carboxylic acids is 2. The highest BCUT2D eigenvalue weighted by atomic mass is 16.5. The predicted octanol–water partition coefficient (Wildman–Crippen LogP) is 1.76. The van der Waals surface area contributed by atoms with E-state index >= 15 is 0 Å². The average Bonchev–Trinajstić information content (AvgIpc) is 2.22. The van der Waals surface area contributed by atoms with E-state index in [4.69, 9.17) is 10.00 Å². The summed E-state index contributed by atoms with van der Waals surface area (Å²) in [4.78, 5) is 22.3. The fourth-order valence-electron chi connectivity index (χ4n) is 1.75. The topological polar surface area (TPSA) is 67.2 Å². The lowest BCUT2D eigenvalue weighted by Gasteiger charge is -2.29. The molecule has 0 aromatic rings. The maximum atomic E-state index is 11.3. The van der Waals surface area contributed by atoms with Crippen LogP contribution in [0.25, 0.3) is 0 Å². The smallest absolute Gasteiger partial charge is 0.320 e. The molecule has 0 heterocycles. The van der Waals surface area contributed by atoms with Crippen LogP contribution < -0.4 is 0 Å². The van der Waals surface area contributed by atoms with Crippen LogP contribution in [-0.2, 0) is 14.3 Å². The minimum Gasteiger partial charge on any atom is -0.464 e. The Morgan fingerprint density at radius 1 is 1.69 bits per heavy atom. The lowest BCUT2D eigenvalue weighted by atomic mass is 9.78. The van der Waals surface area contributed by atoms with Crippen LogP contribution in [0.5, 0.6) is 0 Å². The highest BCUT2D eigenvalue weighted by Crippen LogP contribution is 2.32. The molecule has 0 saturated carbocycles. The summed E-state index contributed by atoms with van der Waals surface area (Å²) < 4.78 is 4.99. The maximum Gasteiger partial charge on any atom is 0.320 e. The van der Waals surface area contributed by atoms with Crippen molar-refractivity contribution < 1.29 is 14.3 Å². The molecular weight excluding hydrogens is 206 g/mol. The lowest BCUT2D eigenvalue weighted by Crippen LogP contribution is -2.28. The predicted molar refractivity (Wildman–Crippen MR) is 57.3 cm³/mol. The first-order valence-corrected chi connectivity index (χ1v) is 5.22. The molecule has 4 nitrogen and oxygen atoms in total. The first-order valence-electron chi connectivity index (χ1n) is 5.22. The molecule has 0 radical (unpaired) electrons. The number of Topliss-reactive ketones (excluding diaryl/α,β-unsaturated/α-hetero) is 1. The van der Waals surface area contributed by atoms with Gasteiger partial charge >= 0.3 is 5.97 Å². The summed E-state index contributed by atoms with van der Waals surface area (Å²) in [5, 5.41) is 8.31. The third kappa shape index (κ3) is 3.20. The zero-order chi connectivity index (χ0) is 12.2. The van der Waals surface area contributed by atoms with Crippen molar-refractivity contribution in [2.24, 2.45) is 5.41 Å². The molecular formula is C12H15NO3. The van der Waals surface area contributed by atoms with E-state index in [2.05, 4.69) is 0 Å². The molecule has 1 rings (SSSR count). The number of ketones is 1. The van der Waals surface area contributed by atoms with Crippen molar-refractivity contribution in [3.63, 3.8) is 0 Å². The second kappa shape index (κ2) is 4.93. The molecule has 0 N–H and O–H groups in total. The Hall–Kier alpha value is -1.63. The Morgan fingerprint density at radius 3 is 2.94 bits per heavy atom. The number of hydrogen-bond acceptors (Lipinski definition) is 4. The molecule has 0 amide bonds. The Labute approximate surface area is 94.9 Å². The van der Waals surface area contributed by atoms with Crippen LogP contribution in [0.1, 0.15) is 33.1 Å². The van der Waals surface area contributed by atoms with Gasteiger partial charge in [0, 0.05) is 11.8 Å². The molecule has 0 aromatic heterocycles. The number of hydrogen-bond donors (Lipinski definition) is 0. The summed E-state index contributed by atoms with van der Waals surface area (Å²) >= 11 is 0. The van der Waals surface area contributed by atoms with Gasteiger partial charge in [-0.1, -0.05) is 13.0 Å². The van der Waals surface area contributed by atoms with Crippen molar-refractivity contribution >= 4 is 11.8 Å². The second-order valence-corrected chi connectivity index (χ2v) is 4.40. The van der Waals surface area contributed by atoms with E-state index in [9.17, 15) is 9.59 Å². The van der Waals surface area contributed by atoms with Crippen LogP contribution in [0.2, 0.25) is 0 Å². The molecule has 1 unspecified atom stereocenters. The number of nitrogens with zero attached hydrogens (tertiary/aromatic N) is 1. The zero-order valence-corrected chi connectivity index (χ0v) is 9.58. The Morgan fingerprint density at radius 2 is 2.38 bits per heavy atom. The first-order chi connectivity index (χ1) is 7.47. The van der Waals surface area contributed by atoms with Gasteiger partial charge in [0.05, 0.1) is 6.07 Å². The highest BCUT2D eigenvalue weighted by Gasteiger charge is 2.29. The Kier molecular flexibility index (Phi) is 3.83. The van der Waals surface area contributed by atoms with Gasteiger partial charge in [-0.15, -0.1) is 0 Å². The minimum atomic E-state index is -0.508. The first kappa shape index (κ1) is 12.4. The molecule has 1 aliphatic rings. The van der Waals surface area contributed by atoms with Gasteiger partial charge < -0.3 is 4.74 Å². The summed E-state index contributed by atoms with van der Waals surface area (Å²) in [6, 6.07) is 1.74. The molecule has 1 atom stereocenters. The molecule has 0 fully saturated rings. The van der Waals surface area contributed by atoms with Crippen LogP contribution in [0.3, 0.4) is 0 Å². The molecule has 0 aliphatic heterocycles. The van der Waals surface area contributed by atoms with Crippen LogP contribution in [0, 0.1) is 16.7 Å². The Balaban J connectivity index is 2.57. The lowest BCUT2D eigenvalue weighted by molar-refractivity contribution is -0.145. The van der Waals surface area contributed by atoms with Crippen LogP contribution in [0.4, 0.5) is 0 Å². The van der Waals surface area contributed by atoms with Crippen LogP contribution >= 0.6 is 0 Å². The van der Waals surface area contributed by atoms with Crippen molar-refractivity contribution in [2.45, 2.75) is 33.1 Å². The summed E-state index contributed by atoms with van der Waals surface area (Å²) in [6.45, 7) is 3.96. The molecule has 86 valence electrons. The average molecular weight is 221 g/mol. The van der Waals surface area contributed by atoms with E-state index in [1.54, 1.807) is 13.0 Å². The SMILES string of the molecule is CC1=CC(C)(COC(=O)CC#N)CCC1=O. The standard InChI is InChI=1S/C12H15NO3/c1-9-7-12(2,5-3-10(9)14)8-16-11(15)4-6-13/h7H,3-5,8H2,1-2H3. The van der Waals surface area contributed by atoms with E-state index in [1.165, 1.54) is 0 Å². The van der Waals surface area contributed by atoms with E-state index in [0.717, 1.165) is 5.57 Å². The quantitative estimate of drug-likeness (QED) is 0.681. The van der Waals surface area contributed by atoms with Gasteiger partial charge in [-0.25, -0.2) is 0 Å². The van der Waals surface area contributed by atoms with Gasteiger partial charge in [0.2, 0.25) is 0 Å². The number of esters is 1. The maximum absolute atomic E-state index is 11.3. The van der Waals surface area contributed by atoms with Gasteiger partial charge in [-0.3, -0.25) is 9.59 Å². The molecule has 0 spiro atoms. The van der Waals surface area contributed by atoms with Crippen LogP contribution in [0.15, 0.2) is 11.6 Å². The minimum absolute atomic E-state index is 0.154. The van der Waals surface area contributed by atoms with Gasteiger partial charge in [0.25, 0.3) is 0 Å². The fraction of sp³-hybridized carbons (Fsp3) is 0.583. The monoisotopic (exact) mass is 221 g/mol. The summed E-state index contributed by atoms with van der Waals surface area (Å²) in [6.07, 6.45) is 2.81. The van der Waals surface area contributed by atoms with Crippen LogP contribution in [-0.4, -0.2) is 18.4 Å². The van der Waals surface area contributed by atoms with Crippen molar-refractivity contribution in [1.29, 1.82) is 5.26 Å². The van der Waals surface area contributed by atoms with Gasteiger partial charge in [0.15, 0.2) is 5.78 Å². The number of allylic oxidation sites excluding steroid dienone is 1. The van der Waals surface area contributed by atoms with Gasteiger partial charge in [0.1, 0.15) is 13.0 Å². The van der Waals surface area contributed by atoms with Crippen molar-refractivity contribution in [3.05, 3.63) is 11.6 Å². The molecule has 4 heteroatoms. The molecule has 1 aliphatic carbocycles. The summed E-state index contributed by atoms with van der Waals surface area (Å²) in [5.74, 6) is -0.354. The molecule has 0 saturated heterocycles. The largest absolute Gasteiger partial charge is 0.464 e. The highest BCUT2D eigenvalue weighted by molar-refractivity contribution is 5.95. The summed E-state index contributed by atoms with van der Waals surface area (Å²) in [5.41, 5.74) is 0.452. The number of ether oxygens (including phenoxy) is 1. The number of nitriles is 1. The van der Waals surface area contributed by atoms with Crippen molar-refractivity contribution in [1.82, 2.24) is 0 Å². The summed E-state index contributed by atoms with van der Waals surface area (Å²) in [7, 11) is 0. The molecule has 0 bridgehead atoms. The van der Waals surface area contributed by atoms with Gasteiger partial charge in [-0.05, 0) is 18.9 Å². The van der Waals surface area contributed by atoms with E-state index in [1.807, 2.05) is 13.0 Å². The number of rotatable bonds is 3. The van der Waals surface area contributed by atoms with Gasteiger partial charge in [-0.2, -0.15) is 5.26 Å². The van der Waals surface area contributed by atoms with E-state index in [0.29, 0.717) is 12.8 Å². The second-order valence-electron chi connectivity index (χ2n) is 4.40. The van der Waals surface area contributed by atoms with E-state index in [-0.39, 0.29) is 24.2 Å². The number of carbonyl (C=O) groups is 2. The third-order valence-electron chi connectivity index (χ3n) is 2.71. The normalized spacial score (nSPS) is 24.6. The molecule has 16 heavy (non-hydrogen) atoms. The van der Waals surface area contributed by atoms with E-state index < -0.39 is 5.97 Å². The van der Waals surface area contributed by atoms with Crippen molar-refractivity contribution in [3.8, 4) is 6.07 Å². The zero-order valence-electron chi connectivity index (χ0n) is 9.58. The third-order valence-corrected chi connectivity index (χ3v) is 2.71. The Bertz CT molecular complexity index is 378. The molecule has 0 aromatic carbocycles. The van der Waals surface area contributed by atoms with Crippen molar-refractivity contribution in [2.75, 3.05) is 6.61 Å².